The molecule has 1 fully saturated rings. The van der Waals surface area contributed by atoms with Gasteiger partial charge in [0.05, 0.1) is 5.56 Å². The highest BCUT2D eigenvalue weighted by molar-refractivity contribution is 5.33. The van der Waals surface area contributed by atoms with Crippen molar-refractivity contribution >= 4 is 0 Å². The molecule has 0 aromatic heterocycles. The Kier molecular flexibility index (Phi) is 4.74. The first-order chi connectivity index (χ1) is 9.43. The molecule has 0 aliphatic heterocycles. The molecule has 0 heterocycles. The molecule has 0 amide bonds. The van der Waals surface area contributed by atoms with Crippen LogP contribution in [0.25, 0.3) is 0 Å². The van der Waals surface area contributed by atoms with Crippen molar-refractivity contribution in [3.05, 3.63) is 35.4 Å². The Balaban J connectivity index is 2.28. The quantitative estimate of drug-likeness (QED) is 0.841. The third-order valence-corrected chi connectivity index (χ3v) is 4.44. The Bertz CT molecular complexity index is 434. The summed E-state index contributed by atoms with van der Waals surface area (Å²) in [6, 6.07) is 5.75. The Hall–Kier alpha value is -1.03. The van der Waals surface area contributed by atoms with Crippen LogP contribution in [0.2, 0.25) is 0 Å². The Labute approximate surface area is 118 Å². The van der Waals surface area contributed by atoms with E-state index in [1.54, 1.807) is 19.2 Å². The third-order valence-electron chi connectivity index (χ3n) is 4.44. The topological polar surface area (TPSA) is 12.0 Å². The van der Waals surface area contributed by atoms with Crippen molar-refractivity contribution in [2.45, 2.75) is 44.8 Å². The summed E-state index contributed by atoms with van der Waals surface area (Å²) in [5, 5.41) is 3.12. The molecule has 1 aliphatic carbocycles. The monoisotopic (exact) mass is 285 g/mol. The summed E-state index contributed by atoms with van der Waals surface area (Å²) in [6.07, 6.45) is -0.0700. The van der Waals surface area contributed by atoms with E-state index in [1.165, 1.54) is 12.1 Å². The maximum atomic E-state index is 13.1. The van der Waals surface area contributed by atoms with Crippen LogP contribution in [0.4, 0.5) is 13.2 Å². The van der Waals surface area contributed by atoms with Gasteiger partial charge in [0.15, 0.2) is 0 Å². The first kappa shape index (κ1) is 15.4. The molecular formula is C16H22F3N. The minimum Gasteiger partial charge on any atom is -0.313 e. The van der Waals surface area contributed by atoms with Gasteiger partial charge in [0.1, 0.15) is 0 Å². The molecule has 0 spiro atoms. The van der Waals surface area contributed by atoms with E-state index in [-0.39, 0.29) is 6.04 Å². The lowest BCUT2D eigenvalue weighted by molar-refractivity contribution is -0.138. The van der Waals surface area contributed by atoms with Gasteiger partial charge < -0.3 is 5.32 Å². The molecule has 20 heavy (non-hydrogen) atoms. The summed E-state index contributed by atoms with van der Waals surface area (Å²) in [5.41, 5.74) is -0.111. The number of benzene rings is 1. The molecule has 1 aromatic rings. The summed E-state index contributed by atoms with van der Waals surface area (Å²) in [6.45, 7) is 2.22. The highest BCUT2D eigenvalue weighted by Gasteiger charge is 2.37. The fourth-order valence-corrected chi connectivity index (χ4v) is 3.29. The molecule has 1 N–H and O–H groups in total. The maximum Gasteiger partial charge on any atom is 0.416 e. The molecule has 0 saturated heterocycles. The molecule has 1 aromatic carbocycles. The van der Waals surface area contributed by atoms with Crippen molar-refractivity contribution in [2.24, 2.45) is 11.8 Å². The molecule has 1 saturated carbocycles. The predicted molar refractivity (Wildman–Crippen MR) is 74.4 cm³/mol. The number of halogens is 3. The lowest BCUT2D eigenvalue weighted by Crippen LogP contribution is -2.30. The molecule has 1 nitrogen and oxygen atoms in total. The van der Waals surface area contributed by atoms with E-state index in [9.17, 15) is 13.2 Å². The van der Waals surface area contributed by atoms with Crippen LogP contribution in [0.15, 0.2) is 24.3 Å². The lowest BCUT2D eigenvalue weighted by atomic mass is 9.76. The largest absolute Gasteiger partial charge is 0.416 e. The van der Waals surface area contributed by atoms with Gasteiger partial charge in [-0.2, -0.15) is 13.2 Å². The van der Waals surface area contributed by atoms with Gasteiger partial charge in [-0.1, -0.05) is 38.0 Å². The minimum atomic E-state index is -4.28. The van der Waals surface area contributed by atoms with E-state index in [4.69, 9.17) is 0 Å². The molecule has 1 atom stereocenters. The fraction of sp³-hybridized carbons (Fsp3) is 0.625. The molecular weight excluding hydrogens is 263 g/mol. The highest BCUT2D eigenvalue weighted by Crippen LogP contribution is 2.41. The number of hydrogen-bond acceptors (Lipinski definition) is 1. The number of alkyl halides is 3. The number of hydrogen-bond donors (Lipinski definition) is 1. The van der Waals surface area contributed by atoms with Crippen molar-refractivity contribution in [3.63, 3.8) is 0 Å². The highest BCUT2D eigenvalue weighted by atomic mass is 19.4. The summed E-state index contributed by atoms with van der Waals surface area (Å²) in [7, 11) is 1.76. The van der Waals surface area contributed by atoms with Crippen LogP contribution in [0.5, 0.6) is 0 Å². The van der Waals surface area contributed by atoms with E-state index in [0.29, 0.717) is 17.4 Å². The van der Waals surface area contributed by atoms with Crippen molar-refractivity contribution in [3.8, 4) is 0 Å². The van der Waals surface area contributed by atoms with E-state index in [2.05, 4.69) is 12.2 Å². The van der Waals surface area contributed by atoms with Gasteiger partial charge in [-0.15, -0.1) is 0 Å². The van der Waals surface area contributed by atoms with Crippen molar-refractivity contribution in [1.29, 1.82) is 0 Å². The maximum absolute atomic E-state index is 13.1. The van der Waals surface area contributed by atoms with Crippen LogP contribution in [0, 0.1) is 11.8 Å². The van der Waals surface area contributed by atoms with Crippen molar-refractivity contribution in [1.82, 2.24) is 5.32 Å². The fourth-order valence-electron chi connectivity index (χ4n) is 3.29. The smallest absolute Gasteiger partial charge is 0.313 e. The van der Waals surface area contributed by atoms with Gasteiger partial charge >= 0.3 is 6.18 Å². The van der Waals surface area contributed by atoms with Crippen molar-refractivity contribution in [2.75, 3.05) is 7.05 Å². The average molecular weight is 285 g/mol. The van der Waals surface area contributed by atoms with E-state index < -0.39 is 11.7 Å². The Morgan fingerprint density at radius 2 is 1.70 bits per heavy atom. The Morgan fingerprint density at radius 3 is 2.25 bits per heavy atom. The lowest BCUT2D eigenvalue weighted by Gasteiger charge is -2.34. The van der Waals surface area contributed by atoms with E-state index >= 15 is 0 Å². The van der Waals surface area contributed by atoms with Gasteiger partial charge in [0, 0.05) is 6.04 Å². The SMILES string of the molecule is CNC(c1ccccc1C(F)(F)F)C1CCC(C)CC1. The second-order valence-corrected chi connectivity index (χ2v) is 5.87. The molecule has 4 heteroatoms. The molecule has 112 valence electrons. The van der Waals surface area contributed by atoms with Gasteiger partial charge in [0.2, 0.25) is 0 Å². The van der Waals surface area contributed by atoms with E-state index in [1.807, 2.05) is 0 Å². The first-order valence-corrected chi connectivity index (χ1v) is 7.27. The van der Waals surface area contributed by atoms with Gasteiger partial charge in [-0.3, -0.25) is 0 Å². The molecule has 0 bridgehead atoms. The third kappa shape index (κ3) is 3.35. The number of nitrogens with one attached hydrogen (secondary N) is 1. The van der Waals surface area contributed by atoms with Crippen LogP contribution in [0.3, 0.4) is 0 Å². The standard InChI is InChI=1S/C16H22F3N/c1-11-7-9-12(10-8-11)15(20-2)13-5-3-4-6-14(13)16(17,18)19/h3-6,11-12,15,20H,7-10H2,1-2H3. The van der Waals surface area contributed by atoms with Crippen LogP contribution >= 0.6 is 0 Å². The summed E-state index contributed by atoms with van der Waals surface area (Å²) < 4.78 is 39.4. The van der Waals surface area contributed by atoms with Crippen LogP contribution in [0.1, 0.15) is 49.8 Å². The van der Waals surface area contributed by atoms with Crippen LogP contribution in [-0.2, 0) is 6.18 Å². The average Bonchev–Trinajstić information content (AvgIpc) is 2.41. The van der Waals surface area contributed by atoms with Crippen molar-refractivity contribution < 1.29 is 13.2 Å². The molecule has 0 radical (unpaired) electrons. The first-order valence-electron chi connectivity index (χ1n) is 7.27. The minimum absolute atomic E-state index is 0.208. The second-order valence-electron chi connectivity index (χ2n) is 5.87. The summed E-state index contributed by atoms with van der Waals surface area (Å²) in [4.78, 5) is 0. The van der Waals surface area contributed by atoms with Gasteiger partial charge in [-0.25, -0.2) is 0 Å². The normalized spacial score (nSPS) is 25.4. The zero-order valence-electron chi connectivity index (χ0n) is 12.0. The van der Waals surface area contributed by atoms with Gasteiger partial charge in [-0.05, 0) is 43.4 Å². The van der Waals surface area contributed by atoms with E-state index in [0.717, 1.165) is 25.7 Å². The zero-order valence-corrected chi connectivity index (χ0v) is 12.0. The summed E-state index contributed by atoms with van der Waals surface area (Å²) in [5.74, 6) is 0.987. The van der Waals surface area contributed by atoms with Gasteiger partial charge in [0.25, 0.3) is 0 Å². The number of rotatable bonds is 3. The zero-order chi connectivity index (χ0) is 14.8. The Morgan fingerprint density at radius 1 is 1.10 bits per heavy atom. The molecule has 1 unspecified atom stereocenters. The van der Waals surface area contributed by atoms with Crippen LogP contribution in [-0.4, -0.2) is 7.05 Å². The second kappa shape index (κ2) is 6.17. The van der Waals surface area contributed by atoms with Crippen LogP contribution < -0.4 is 5.32 Å². The molecule has 2 rings (SSSR count). The molecule has 1 aliphatic rings. The summed E-state index contributed by atoms with van der Waals surface area (Å²) >= 11 is 0. The predicted octanol–water partition coefficient (Wildman–Crippen LogP) is 4.79.